The summed E-state index contributed by atoms with van der Waals surface area (Å²) >= 11 is 0. The van der Waals surface area contributed by atoms with Gasteiger partial charge in [-0.15, -0.1) is 0 Å². The quantitative estimate of drug-likeness (QED) is 0.0500. The molecule has 250 valence electrons. The second kappa shape index (κ2) is 20.6. The molecule has 3 aromatic rings. The molecule has 0 saturated heterocycles. The first kappa shape index (κ1) is 37.8. The van der Waals surface area contributed by atoms with Crippen LogP contribution in [-0.4, -0.2) is 77.1 Å². The molecule has 0 bridgehead atoms. The van der Waals surface area contributed by atoms with Crippen molar-refractivity contribution in [1.82, 2.24) is 31.2 Å². The molecule has 4 amide bonds. The first-order valence-corrected chi connectivity index (χ1v) is 14.9. The van der Waals surface area contributed by atoms with Gasteiger partial charge < -0.3 is 42.5 Å². The fourth-order valence-corrected chi connectivity index (χ4v) is 4.69. The molecule has 0 fully saturated rings. The van der Waals surface area contributed by atoms with Crippen LogP contribution >= 0.6 is 0 Å². The van der Waals surface area contributed by atoms with E-state index in [1.165, 1.54) is 12.5 Å². The van der Waals surface area contributed by atoms with Crippen LogP contribution in [0.4, 0.5) is 0 Å². The Labute approximate surface area is 278 Å². The van der Waals surface area contributed by atoms with Crippen molar-refractivity contribution in [2.24, 2.45) is 11.5 Å². The standard InChI is InChI=1S/C32H41N8O5.Cu/c33-14-8-7-13-26(39-32(45)28(38-29(42)18-34)17-24-19-35-21-36-24)30(43)40-27(16-23-11-5-2-6-12-23)31(44)37-25(20-41)15-22-9-3-1-4-10-22;/h1-6,9-12,19,21,25-28H,7-8,13-18,33-34H2,(H,35,36)(H,37,44)(H,38,42)(H,39,45)(H,40,43);/q-1;+1/t25-,26-,27-,28-;/m0./s1. The molecule has 0 aliphatic heterocycles. The second-order valence-electron chi connectivity index (χ2n) is 10.6. The van der Waals surface area contributed by atoms with Gasteiger partial charge in [-0.1, -0.05) is 66.7 Å². The number of carbonyl (C=O) groups is 4. The molecule has 4 atom stereocenters. The van der Waals surface area contributed by atoms with Gasteiger partial charge in [0, 0.05) is 24.7 Å². The van der Waals surface area contributed by atoms with Crippen LogP contribution in [0.5, 0.6) is 0 Å². The van der Waals surface area contributed by atoms with Gasteiger partial charge in [-0.25, -0.2) is 11.3 Å². The molecular weight excluding hydrogens is 640 g/mol. The van der Waals surface area contributed by atoms with Crippen molar-refractivity contribution in [2.75, 3.05) is 13.1 Å². The van der Waals surface area contributed by atoms with Crippen molar-refractivity contribution in [3.8, 4) is 0 Å². The number of amides is 4. The number of carbonyl (C=O) groups excluding carboxylic acids is 5. The van der Waals surface area contributed by atoms with Crippen LogP contribution in [0.15, 0.2) is 73.2 Å². The van der Waals surface area contributed by atoms with E-state index in [1.54, 1.807) is 0 Å². The van der Waals surface area contributed by atoms with E-state index >= 15 is 0 Å². The number of nitrogens with zero attached hydrogens (tertiary/aromatic N) is 1. The number of aromatic amines is 1. The number of benzene rings is 2. The molecule has 0 aliphatic carbocycles. The molecular formula is C32H41CuN8O5. The van der Waals surface area contributed by atoms with Gasteiger partial charge in [0.2, 0.25) is 23.6 Å². The van der Waals surface area contributed by atoms with Gasteiger partial charge in [-0.3, -0.25) is 19.2 Å². The minimum Gasteiger partial charge on any atom is -0.540 e. The van der Waals surface area contributed by atoms with E-state index in [9.17, 15) is 24.0 Å². The van der Waals surface area contributed by atoms with Crippen LogP contribution in [0.1, 0.15) is 36.1 Å². The second-order valence-corrected chi connectivity index (χ2v) is 10.6. The third-order valence-corrected chi connectivity index (χ3v) is 7.05. The zero-order valence-electron chi connectivity index (χ0n) is 25.3. The average molecular weight is 681 g/mol. The Morgan fingerprint density at radius 1 is 0.739 bits per heavy atom. The van der Waals surface area contributed by atoms with E-state index in [2.05, 4.69) is 31.2 Å². The number of unbranched alkanes of at least 4 members (excludes halogenated alkanes) is 1. The van der Waals surface area contributed by atoms with Crippen molar-refractivity contribution in [3.63, 3.8) is 0 Å². The van der Waals surface area contributed by atoms with Gasteiger partial charge in [-0.2, -0.15) is 0 Å². The zero-order chi connectivity index (χ0) is 32.4. The number of rotatable bonds is 19. The Balaban J connectivity index is 0.00000736. The van der Waals surface area contributed by atoms with Crippen molar-refractivity contribution in [1.29, 1.82) is 0 Å². The van der Waals surface area contributed by atoms with Crippen LogP contribution in [-0.2, 0) is 60.3 Å². The molecule has 0 aliphatic rings. The maximum atomic E-state index is 13.7. The first-order valence-electron chi connectivity index (χ1n) is 14.9. The van der Waals surface area contributed by atoms with Crippen LogP contribution in [0.25, 0.3) is 0 Å². The molecule has 2 aromatic carbocycles. The van der Waals surface area contributed by atoms with Gasteiger partial charge in [0.15, 0.2) is 0 Å². The van der Waals surface area contributed by atoms with E-state index in [4.69, 9.17) is 11.5 Å². The van der Waals surface area contributed by atoms with E-state index in [1.807, 2.05) is 66.9 Å². The topological polar surface area (TPSA) is 214 Å². The predicted octanol–water partition coefficient (Wildman–Crippen LogP) is -0.428. The number of nitrogens with two attached hydrogens (primary N) is 2. The van der Waals surface area contributed by atoms with Crippen LogP contribution in [0.3, 0.4) is 0 Å². The maximum Gasteiger partial charge on any atom is 1.00 e. The van der Waals surface area contributed by atoms with Gasteiger partial charge >= 0.3 is 17.1 Å². The molecule has 9 N–H and O–H groups in total. The summed E-state index contributed by atoms with van der Waals surface area (Å²) < 4.78 is 0. The van der Waals surface area contributed by atoms with Gasteiger partial charge in [-0.05, 0) is 43.4 Å². The first-order chi connectivity index (χ1) is 21.8. The summed E-state index contributed by atoms with van der Waals surface area (Å²) in [5.41, 5.74) is 13.3. The Kier molecular flexibility index (Phi) is 17.0. The SMILES string of the molecule is NCCCC[C@H](NC(=O)[C@H](Cc1cnc[nH]1)NC(=O)CN)C(=O)N[C@@H](Cc1ccccc1)C(=O)N[C@H]([C-]=O)Cc1ccccc1.[Cu+]. The van der Waals surface area contributed by atoms with Crippen LogP contribution in [0.2, 0.25) is 0 Å². The molecule has 46 heavy (non-hydrogen) atoms. The summed E-state index contributed by atoms with van der Waals surface area (Å²) in [5, 5.41) is 10.8. The molecule has 0 radical (unpaired) electrons. The summed E-state index contributed by atoms with van der Waals surface area (Å²) in [6.45, 7) is 0.0638. The summed E-state index contributed by atoms with van der Waals surface area (Å²) in [5.74, 6) is -2.33. The molecule has 0 unspecified atom stereocenters. The molecule has 13 nitrogen and oxygen atoms in total. The number of nitrogens with one attached hydrogen (secondary N) is 5. The van der Waals surface area contributed by atoms with Crippen LogP contribution < -0.4 is 32.7 Å². The van der Waals surface area contributed by atoms with E-state index in [0.29, 0.717) is 25.1 Å². The molecule has 1 aromatic heterocycles. The third kappa shape index (κ3) is 12.9. The van der Waals surface area contributed by atoms with E-state index in [0.717, 1.165) is 11.1 Å². The fourth-order valence-electron chi connectivity index (χ4n) is 4.69. The summed E-state index contributed by atoms with van der Waals surface area (Å²) in [4.78, 5) is 71.3. The van der Waals surface area contributed by atoms with Crippen molar-refractivity contribution < 1.29 is 41.0 Å². The summed E-state index contributed by atoms with van der Waals surface area (Å²) in [6, 6.07) is 14.2. The number of H-pyrrole nitrogens is 1. The number of hydrogen-bond acceptors (Lipinski definition) is 8. The van der Waals surface area contributed by atoms with E-state index < -0.39 is 47.8 Å². The normalized spacial score (nSPS) is 13.2. The molecule has 0 saturated carbocycles. The average Bonchev–Trinajstić information content (AvgIpc) is 3.57. The summed E-state index contributed by atoms with van der Waals surface area (Å²) in [6.07, 6.45) is 6.64. The smallest absolute Gasteiger partial charge is 0.540 e. The van der Waals surface area contributed by atoms with Gasteiger partial charge in [0.1, 0.15) is 18.1 Å². The Morgan fingerprint density at radius 3 is 1.87 bits per heavy atom. The number of hydrogen-bond donors (Lipinski definition) is 7. The van der Waals surface area contributed by atoms with E-state index in [-0.39, 0.29) is 49.3 Å². The Bertz CT molecular complexity index is 1360. The van der Waals surface area contributed by atoms with Crippen molar-refractivity contribution in [3.05, 3.63) is 90.0 Å². The zero-order valence-corrected chi connectivity index (χ0v) is 26.3. The number of imidazole rings is 1. The third-order valence-electron chi connectivity index (χ3n) is 7.05. The van der Waals surface area contributed by atoms with Gasteiger partial charge in [0.25, 0.3) is 0 Å². The molecule has 3 rings (SSSR count). The van der Waals surface area contributed by atoms with Crippen LogP contribution in [0, 0.1) is 0 Å². The maximum absolute atomic E-state index is 13.7. The van der Waals surface area contributed by atoms with Crippen molar-refractivity contribution >= 4 is 29.9 Å². The monoisotopic (exact) mass is 680 g/mol. The Morgan fingerprint density at radius 2 is 1.30 bits per heavy atom. The minimum absolute atomic E-state index is 0. The minimum atomic E-state index is -1.07. The molecule has 1 heterocycles. The molecule has 0 spiro atoms. The Hall–Kier alpha value is -4.36. The van der Waals surface area contributed by atoms with Gasteiger partial charge in [0.05, 0.1) is 12.9 Å². The fraction of sp³-hybridized carbons (Fsp3) is 0.375. The largest absolute Gasteiger partial charge is 1.00 e. The molecule has 14 heteroatoms. The van der Waals surface area contributed by atoms with Crippen molar-refractivity contribution in [2.45, 2.75) is 62.7 Å². The summed E-state index contributed by atoms with van der Waals surface area (Å²) in [7, 11) is 0. The number of aromatic nitrogens is 2. The predicted molar refractivity (Wildman–Crippen MR) is 168 cm³/mol.